The summed E-state index contributed by atoms with van der Waals surface area (Å²) < 4.78 is 30.8. The van der Waals surface area contributed by atoms with Crippen molar-refractivity contribution in [1.82, 2.24) is 0 Å². The zero-order valence-electron chi connectivity index (χ0n) is 10.1. The van der Waals surface area contributed by atoms with E-state index in [9.17, 15) is 13.6 Å². The van der Waals surface area contributed by atoms with E-state index < -0.39 is 17.5 Å². The molecule has 0 aliphatic rings. The Labute approximate surface area is 108 Å². The molecule has 0 aliphatic carbocycles. The first kappa shape index (κ1) is 13.0. The maximum absolute atomic E-state index is 13.0. The second-order valence-corrected chi connectivity index (χ2v) is 3.78. The van der Waals surface area contributed by atoms with Crippen molar-refractivity contribution >= 4 is 11.6 Å². The van der Waals surface area contributed by atoms with Crippen molar-refractivity contribution in [3.8, 4) is 5.75 Å². The highest BCUT2D eigenvalue weighted by Crippen LogP contribution is 2.20. The fourth-order valence-electron chi connectivity index (χ4n) is 1.60. The van der Waals surface area contributed by atoms with Crippen LogP contribution in [0.15, 0.2) is 42.5 Å². The summed E-state index contributed by atoms with van der Waals surface area (Å²) in [6.07, 6.45) is 0. The number of hydrogen-bond donors (Lipinski definition) is 1. The lowest BCUT2D eigenvalue weighted by atomic mass is 10.2. The number of rotatable bonds is 3. The van der Waals surface area contributed by atoms with Crippen LogP contribution in [0.1, 0.15) is 10.4 Å². The maximum Gasteiger partial charge on any atom is 0.259 e. The van der Waals surface area contributed by atoms with Crippen LogP contribution in [0.4, 0.5) is 14.5 Å². The number of ether oxygens (including phenoxy) is 1. The van der Waals surface area contributed by atoms with Gasteiger partial charge in [0.25, 0.3) is 5.91 Å². The molecule has 0 unspecified atom stereocenters. The van der Waals surface area contributed by atoms with E-state index in [-0.39, 0.29) is 5.69 Å². The molecule has 3 nitrogen and oxygen atoms in total. The molecular weight excluding hydrogens is 252 g/mol. The van der Waals surface area contributed by atoms with E-state index in [0.29, 0.717) is 11.3 Å². The number of anilines is 1. The van der Waals surface area contributed by atoms with Crippen LogP contribution in [0.3, 0.4) is 0 Å². The molecule has 0 aromatic heterocycles. The monoisotopic (exact) mass is 263 g/mol. The van der Waals surface area contributed by atoms with E-state index in [1.54, 1.807) is 24.3 Å². The highest BCUT2D eigenvalue weighted by atomic mass is 19.2. The largest absolute Gasteiger partial charge is 0.496 e. The molecule has 2 aromatic rings. The van der Waals surface area contributed by atoms with Gasteiger partial charge in [-0.3, -0.25) is 4.79 Å². The van der Waals surface area contributed by atoms with Gasteiger partial charge in [0.05, 0.1) is 12.7 Å². The second-order valence-electron chi connectivity index (χ2n) is 3.78. The molecular formula is C14H11F2NO2. The van der Waals surface area contributed by atoms with Crippen LogP contribution in [0.5, 0.6) is 5.75 Å². The van der Waals surface area contributed by atoms with Gasteiger partial charge in [-0.05, 0) is 24.3 Å². The highest BCUT2D eigenvalue weighted by molar-refractivity contribution is 6.06. The highest BCUT2D eigenvalue weighted by Gasteiger charge is 2.12. The topological polar surface area (TPSA) is 38.3 Å². The normalized spacial score (nSPS) is 10.1. The van der Waals surface area contributed by atoms with Crippen molar-refractivity contribution in [3.05, 3.63) is 59.7 Å². The molecule has 0 aliphatic heterocycles. The number of benzene rings is 2. The minimum Gasteiger partial charge on any atom is -0.496 e. The molecule has 98 valence electrons. The SMILES string of the molecule is COc1ccccc1C(=O)Nc1ccc(F)c(F)c1. The van der Waals surface area contributed by atoms with Crippen LogP contribution in [0.2, 0.25) is 0 Å². The predicted molar refractivity (Wildman–Crippen MR) is 67.3 cm³/mol. The van der Waals surface area contributed by atoms with Gasteiger partial charge in [0.15, 0.2) is 11.6 Å². The molecule has 0 radical (unpaired) electrons. The third-order valence-electron chi connectivity index (χ3n) is 2.53. The van der Waals surface area contributed by atoms with Gasteiger partial charge in [0, 0.05) is 11.8 Å². The first-order chi connectivity index (χ1) is 9.11. The number of carbonyl (C=O) groups excluding carboxylic acids is 1. The van der Waals surface area contributed by atoms with Gasteiger partial charge in [-0.1, -0.05) is 12.1 Å². The molecule has 0 fully saturated rings. The average molecular weight is 263 g/mol. The lowest BCUT2D eigenvalue weighted by Gasteiger charge is -2.09. The molecule has 0 spiro atoms. The van der Waals surface area contributed by atoms with Crippen LogP contribution in [0, 0.1) is 11.6 Å². The summed E-state index contributed by atoms with van der Waals surface area (Å²) in [5, 5.41) is 2.48. The van der Waals surface area contributed by atoms with Gasteiger partial charge in [-0.2, -0.15) is 0 Å². The fraction of sp³-hybridized carbons (Fsp3) is 0.0714. The Morgan fingerprint density at radius 2 is 1.84 bits per heavy atom. The van der Waals surface area contributed by atoms with Crippen LogP contribution in [-0.4, -0.2) is 13.0 Å². The van der Waals surface area contributed by atoms with E-state index in [0.717, 1.165) is 12.1 Å². The predicted octanol–water partition coefficient (Wildman–Crippen LogP) is 3.23. The summed E-state index contributed by atoms with van der Waals surface area (Å²) in [4.78, 5) is 12.0. The number of amides is 1. The number of hydrogen-bond acceptors (Lipinski definition) is 2. The quantitative estimate of drug-likeness (QED) is 0.923. The first-order valence-electron chi connectivity index (χ1n) is 5.51. The number of methoxy groups -OCH3 is 1. The molecule has 0 atom stereocenters. The average Bonchev–Trinajstić information content (AvgIpc) is 2.43. The molecule has 0 saturated heterocycles. The van der Waals surface area contributed by atoms with Gasteiger partial charge >= 0.3 is 0 Å². The van der Waals surface area contributed by atoms with Gasteiger partial charge in [0.2, 0.25) is 0 Å². The number of para-hydroxylation sites is 1. The summed E-state index contributed by atoms with van der Waals surface area (Å²) >= 11 is 0. The fourth-order valence-corrected chi connectivity index (χ4v) is 1.60. The second kappa shape index (κ2) is 5.48. The summed E-state index contributed by atoms with van der Waals surface area (Å²) in [6, 6.07) is 9.78. The van der Waals surface area contributed by atoms with Gasteiger partial charge in [0.1, 0.15) is 5.75 Å². The minimum atomic E-state index is -1.02. The number of carbonyl (C=O) groups is 1. The molecule has 0 heterocycles. The van der Waals surface area contributed by atoms with E-state index in [1.165, 1.54) is 13.2 Å². The van der Waals surface area contributed by atoms with Crippen LogP contribution >= 0.6 is 0 Å². The molecule has 19 heavy (non-hydrogen) atoms. The molecule has 1 amide bonds. The number of nitrogens with one attached hydrogen (secondary N) is 1. The Hall–Kier alpha value is -2.43. The zero-order valence-corrected chi connectivity index (χ0v) is 10.1. The van der Waals surface area contributed by atoms with Crippen molar-refractivity contribution in [1.29, 1.82) is 0 Å². The number of halogens is 2. The maximum atomic E-state index is 13.0. The van der Waals surface area contributed by atoms with Gasteiger partial charge in [-0.15, -0.1) is 0 Å². The molecule has 1 N–H and O–H groups in total. The van der Waals surface area contributed by atoms with E-state index in [4.69, 9.17) is 4.74 Å². The summed E-state index contributed by atoms with van der Waals surface area (Å²) in [5.74, 6) is -2.03. The van der Waals surface area contributed by atoms with Crippen LogP contribution in [-0.2, 0) is 0 Å². The van der Waals surface area contributed by atoms with Gasteiger partial charge < -0.3 is 10.1 Å². The molecule has 5 heteroatoms. The van der Waals surface area contributed by atoms with Crippen molar-refractivity contribution in [2.45, 2.75) is 0 Å². The Kier molecular flexibility index (Phi) is 3.75. The minimum absolute atomic E-state index is 0.176. The Bertz CT molecular complexity index is 614. The Morgan fingerprint density at radius 3 is 2.53 bits per heavy atom. The lowest BCUT2D eigenvalue weighted by molar-refractivity contribution is 0.102. The Morgan fingerprint density at radius 1 is 1.11 bits per heavy atom. The lowest BCUT2D eigenvalue weighted by Crippen LogP contribution is -2.13. The molecule has 0 bridgehead atoms. The summed E-state index contributed by atoms with van der Waals surface area (Å²) in [5.41, 5.74) is 0.490. The molecule has 2 aromatic carbocycles. The third kappa shape index (κ3) is 2.88. The van der Waals surface area contributed by atoms with Crippen molar-refractivity contribution in [3.63, 3.8) is 0 Å². The smallest absolute Gasteiger partial charge is 0.259 e. The molecule has 0 saturated carbocycles. The van der Waals surface area contributed by atoms with Crippen LogP contribution < -0.4 is 10.1 Å². The summed E-state index contributed by atoms with van der Waals surface area (Å²) in [7, 11) is 1.45. The van der Waals surface area contributed by atoms with Crippen molar-refractivity contribution in [2.75, 3.05) is 12.4 Å². The van der Waals surface area contributed by atoms with Gasteiger partial charge in [-0.25, -0.2) is 8.78 Å². The Balaban J connectivity index is 2.23. The zero-order chi connectivity index (χ0) is 13.8. The van der Waals surface area contributed by atoms with Crippen molar-refractivity contribution < 1.29 is 18.3 Å². The summed E-state index contributed by atoms with van der Waals surface area (Å²) in [6.45, 7) is 0. The van der Waals surface area contributed by atoms with E-state index in [1.807, 2.05) is 0 Å². The standard InChI is InChI=1S/C14H11F2NO2/c1-19-13-5-3-2-4-10(13)14(18)17-9-6-7-11(15)12(16)8-9/h2-8H,1H3,(H,17,18). The van der Waals surface area contributed by atoms with Crippen molar-refractivity contribution in [2.24, 2.45) is 0 Å². The van der Waals surface area contributed by atoms with E-state index >= 15 is 0 Å². The first-order valence-corrected chi connectivity index (χ1v) is 5.51. The third-order valence-corrected chi connectivity index (χ3v) is 2.53. The molecule has 2 rings (SSSR count). The van der Waals surface area contributed by atoms with E-state index in [2.05, 4.69) is 5.32 Å². The van der Waals surface area contributed by atoms with Crippen LogP contribution in [0.25, 0.3) is 0 Å².